The summed E-state index contributed by atoms with van der Waals surface area (Å²) in [5.74, 6) is 0.478. The fourth-order valence-corrected chi connectivity index (χ4v) is 3.18. The standard InChI is InChI=1S/C15H22N2O4S/c1-21-14-7-4-3-6-13(14)17(22(2,19)20)11-5-8-15(18)16-12-9-10-12/h3-4,6-7,12H,5,8-11H2,1-2H3,(H,16,18). The molecule has 0 radical (unpaired) electrons. The van der Waals surface area contributed by atoms with E-state index in [4.69, 9.17) is 4.74 Å². The summed E-state index contributed by atoms with van der Waals surface area (Å²) >= 11 is 0. The molecule has 1 amide bonds. The molecule has 0 unspecified atom stereocenters. The van der Waals surface area contributed by atoms with Crippen LogP contribution in [0.3, 0.4) is 0 Å². The molecular weight excluding hydrogens is 304 g/mol. The minimum atomic E-state index is -3.44. The summed E-state index contributed by atoms with van der Waals surface area (Å²) in [6, 6.07) is 7.28. The molecule has 1 aliphatic rings. The second-order valence-corrected chi connectivity index (χ2v) is 7.36. The van der Waals surface area contributed by atoms with Crippen molar-refractivity contribution in [1.29, 1.82) is 0 Å². The highest BCUT2D eigenvalue weighted by Gasteiger charge is 2.24. The van der Waals surface area contributed by atoms with Crippen LogP contribution in [0.5, 0.6) is 5.75 Å². The van der Waals surface area contributed by atoms with Crippen LogP contribution in [-0.4, -0.2) is 40.3 Å². The molecule has 0 atom stereocenters. The summed E-state index contributed by atoms with van der Waals surface area (Å²) in [4.78, 5) is 11.7. The molecule has 0 aromatic heterocycles. The van der Waals surface area contributed by atoms with Crippen LogP contribution >= 0.6 is 0 Å². The largest absolute Gasteiger partial charge is 0.495 e. The second-order valence-electron chi connectivity index (χ2n) is 5.45. The molecular formula is C15H22N2O4S. The zero-order chi connectivity index (χ0) is 16.2. The van der Waals surface area contributed by atoms with Gasteiger partial charge in [-0.25, -0.2) is 8.42 Å². The minimum absolute atomic E-state index is 0.0176. The molecule has 122 valence electrons. The lowest BCUT2D eigenvalue weighted by atomic mass is 10.2. The number of nitrogens with zero attached hydrogens (tertiary/aromatic N) is 1. The number of nitrogens with one attached hydrogen (secondary N) is 1. The van der Waals surface area contributed by atoms with E-state index in [0.29, 0.717) is 30.3 Å². The Hall–Kier alpha value is -1.76. The van der Waals surface area contributed by atoms with E-state index in [1.165, 1.54) is 11.4 Å². The molecule has 0 spiro atoms. The van der Waals surface area contributed by atoms with Crippen molar-refractivity contribution in [3.8, 4) is 5.75 Å². The van der Waals surface area contributed by atoms with Crippen molar-refractivity contribution in [2.24, 2.45) is 0 Å². The molecule has 1 aliphatic carbocycles. The average Bonchev–Trinajstić information content (AvgIpc) is 3.26. The van der Waals surface area contributed by atoms with Crippen LogP contribution in [0.1, 0.15) is 25.7 Å². The molecule has 0 heterocycles. The Morgan fingerprint density at radius 3 is 2.64 bits per heavy atom. The van der Waals surface area contributed by atoms with Crippen LogP contribution < -0.4 is 14.4 Å². The number of rotatable bonds is 8. The maximum absolute atomic E-state index is 12.0. The third-order valence-electron chi connectivity index (χ3n) is 3.46. The number of methoxy groups -OCH3 is 1. The Bertz CT molecular complexity index is 626. The Kier molecular flexibility index (Phi) is 5.28. The molecule has 1 N–H and O–H groups in total. The van der Waals surface area contributed by atoms with Crippen molar-refractivity contribution >= 4 is 21.6 Å². The molecule has 7 heteroatoms. The smallest absolute Gasteiger partial charge is 0.232 e. The minimum Gasteiger partial charge on any atom is -0.495 e. The lowest BCUT2D eigenvalue weighted by Crippen LogP contribution is -2.32. The predicted octanol–water partition coefficient (Wildman–Crippen LogP) is 1.52. The SMILES string of the molecule is COc1ccccc1N(CCCC(=O)NC1CC1)S(C)(=O)=O. The molecule has 2 rings (SSSR count). The fourth-order valence-electron chi connectivity index (χ4n) is 2.21. The zero-order valence-corrected chi connectivity index (χ0v) is 13.7. The van der Waals surface area contributed by atoms with Crippen molar-refractivity contribution in [2.45, 2.75) is 31.7 Å². The summed E-state index contributed by atoms with van der Waals surface area (Å²) in [6.45, 7) is 0.247. The Balaban J connectivity index is 2.02. The normalized spacial score (nSPS) is 14.5. The van der Waals surface area contributed by atoms with Gasteiger partial charge in [0, 0.05) is 19.0 Å². The van der Waals surface area contributed by atoms with Crippen LogP contribution in [0.4, 0.5) is 5.69 Å². The molecule has 1 aromatic carbocycles. The maximum atomic E-state index is 12.0. The number of hydrogen-bond acceptors (Lipinski definition) is 4. The Morgan fingerprint density at radius 1 is 1.36 bits per heavy atom. The number of anilines is 1. The van der Waals surface area contributed by atoms with Gasteiger partial charge in [-0.3, -0.25) is 9.10 Å². The Labute approximate surface area is 131 Å². The van der Waals surface area contributed by atoms with Gasteiger partial charge in [-0.15, -0.1) is 0 Å². The molecule has 22 heavy (non-hydrogen) atoms. The van der Waals surface area contributed by atoms with Gasteiger partial charge in [0.05, 0.1) is 19.1 Å². The van der Waals surface area contributed by atoms with Gasteiger partial charge >= 0.3 is 0 Å². The van der Waals surface area contributed by atoms with E-state index >= 15 is 0 Å². The quantitative estimate of drug-likeness (QED) is 0.786. The number of carbonyl (C=O) groups excluding carboxylic acids is 1. The highest BCUT2D eigenvalue weighted by atomic mass is 32.2. The van der Waals surface area contributed by atoms with Gasteiger partial charge in [0.15, 0.2) is 0 Å². The number of sulfonamides is 1. The van der Waals surface area contributed by atoms with Crippen molar-refractivity contribution in [3.63, 3.8) is 0 Å². The van der Waals surface area contributed by atoms with E-state index < -0.39 is 10.0 Å². The zero-order valence-electron chi connectivity index (χ0n) is 12.9. The number of benzene rings is 1. The maximum Gasteiger partial charge on any atom is 0.232 e. The van der Waals surface area contributed by atoms with Gasteiger partial charge in [0.1, 0.15) is 5.75 Å². The van der Waals surface area contributed by atoms with E-state index in [2.05, 4.69) is 5.32 Å². The molecule has 0 bridgehead atoms. The highest BCUT2D eigenvalue weighted by Crippen LogP contribution is 2.29. The first-order valence-corrected chi connectivity index (χ1v) is 9.16. The van der Waals surface area contributed by atoms with E-state index in [9.17, 15) is 13.2 Å². The van der Waals surface area contributed by atoms with Crippen molar-refractivity contribution in [1.82, 2.24) is 5.32 Å². The number of hydrogen-bond donors (Lipinski definition) is 1. The lowest BCUT2D eigenvalue weighted by molar-refractivity contribution is -0.121. The first-order chi connectivity index (χ1) is 10.4. The summed E-state index contributed by atoms with van der Waals surface area (Å²) in [7, 11) is -1.94. The van der Waals surface area contributed by atoms with Gasteiger partial charge in [0.25, 0.3) is 0 Å². The van der Waals surface area contributed by atoms with Crippen LogP contribution in [0, 0.1) is 0 Å². The number of para-hydroxylation sites is 2. The molecule has 6 nitrogen and oxygen atoms in total. The van der Waals surface area contributed by atoms with Crippen molar-refractivity contribution < 1.29 is 17.9 Å². The third-order valence-corrected chi connectivity index (χ3v) is 4.64. The highest BCUT2D eigenvalue weighted by molar-refractivity contribution is 7.92. The predicted molar refractivity (Wildman–Crippen MR) is 85.6 cm³/mol. The Morgan fingerprint density at radius 2 is 2.05 bits per heavy atom. The summed E-state index contributed by atoms with van der Waals surface area (Å²) in [5, 5.41) is 2.90. The number of amides is 1. The molecule has 1 saturated carbocycles. The summed E-state index contributed by atoms with van der Waals surface area (Å²) < 4.78 is 30.6. The lowest BCUT2D eigenvalue weighted by Gasteiger charge is -2.24. The van der Waals surface area contributed by atoms with Gasteiger partial charge in [-0.2, -0.15) is 0 Å². The number of ether oxygens (including phenoxy) is 1. The fraction of sp³-hybridized carbons (Fsp3) is 0.533. The second kappa shape index (κ2) is 7.00. The van der Waals surface area contributed by atoms with Gasteiger partial charge in [-0.1, -0.05) is 12.1 Å². The van der Waals surface area contributed by atoms with Crippen LogP contribution in [0.25, 0.3) is 0 Å². The van der Waals surface area contributed by atoms with Crippen LogP contribution in [0.2, 0.25) is 0 Å². The van der Waals surface area contributed by atoms with Gasteiger partial charge in [0.2, 0.25) is 15.9 Å². The first-order valence-electron chi connectivity index (χ1n) is 7.32. The topological polar surface area (TPSA) is 75.7 Å². The molecule has 1 fully saturated rings. The number of carbonyl (C=O) groups is 1. The van der Waals surface area contributed by atoms with Crippen LogP contribution in [-0.2, 0) is 14.8 Å². The molecule has 0 saturated heterocycles. The average molecular weight is 326 g/mol. The molecule has 1 aromatic rings. The van der Waals surface area contributed by atoms with E-state index in [1.807, 2.05) is 0 Å². The molecule has 0 aliphatic heterocycles. The third kappa shape index (κ3) is 4.62. The van der Waals surface area contributed by atoms with Gasteiger partial charge in [-0.05, 0) is 31.4 Å². The monoisotopic (exact) mass is 326 g/mol. The van der Waals surface area contributed by atoms with Crippen molar-refractivity contribution in [3.05, 3.63) is 24.3 Å². The summed E-state index contributed by atoms with van der Waals surface area (Å²) in [6.07, 6.45) is 4.02. The van der Waals surface area contributed by atoms with Gasteiger partial charge < -0.3 is 10.1 Å². The van der Waals surface area contributed by atoms with E-state index in [-0.39, 0.29) is 12.5 Å². The van der Waals surface area contributed by atoms with Crippen molar-refractivity contribution in [2.75, 3.05) is 24.2 Å². The van der Waals surface area contributed by atoms with E-state index in [0.717, 1.165) is 19.1 Å². The van der Waals surface area contributed by atoms with Crippen LogP contribution in [0.15, 0.2) is 24.3 Å². The first kappa shape index (κ1) is 16.6. The van der Waals surface area contributed by atoms with E-state index in [1.54, 1.807) is 24.3 Å². The summed E-state index contributed by atoms with van der Waals surface area (Å²) in [5.41, 5.74) is 0.495.